The molecule has 2 N–H and O–H groups in total. The molecule has 0 radical (unpaired) electrons. The van der Waals surface area contributed by atoms with Crippen molar-refractivity contribution in [3.63, 3.8) is 0 Å². The summed E-state index contributed by atoms with van der Waals surface area (Å²) in [5.74, 6) is -1.63. The fourth-order valence-corrected chi connectivity index (χ4v) is 6.15. The number of hydrogen-bond acceptors (Lipinski definition) is 7. The van der Waals surface area contributed by atoms with Crippen LogP contribution in [0.15, 0.2) is 47.4 Å². The molecule has 0 bridgehead atoms. The Morgan fingerprint density at radius 2 is 1.77 bits per heavy atom. The lowest BCUT2D eigenvalue weighted by Crippen LogP contribution is -2.49. The predicted octanol–water partition coefficient (Wildman–Crippen LogP) is 4.67. The molecule has 1 amide bonds. The van der Waals surface area contributed by atoms with Crippen LogP contribution in [0.3, 0.4) is 0 Å². The number of aryl methyl sites for hydroxylation is 1. The highest BCUT2D eigenvalue weighted by atomic mass is 32.2. The van der Waals surface area contributed by atoms with Crippen LogP contribution >= 0.6 is 0 Å². The molecule has 0 aromatic heterocycles. The smallest absolute Gasteiger partial charge is 0.293 e. The lowest BCUT2D eigenvalue weighted by molar-refractivity contribution is -0.384. The molecule has 1 saturated heterocycles. The van der Waals surface area contributed by atoms with E-state index in [9.17, 15) is 36.5 Å². The van der Waals surface area contributed by atoms with Gasteiger partial charge in [0.1, 0.15) is 17.7 Å². The summed E-state index contributed by atoms with van der Waals surface area (Å²) in [5.41, 5.74) is -1.88. The maximum Gasteiger partial charge on any atom is 0.293 e. The lowest BCUT2D eigenvalue weighted by Gasteiger charge is -2.35. The first kappa shape index (κ1) is 29.8. The quantitative estimate of drug-likeness (QED) is 0.276. The Labute approximate surface area is 231 Å². The Morgan fingerprint density at radius 1 is 1.10 bits per heavy atom. The van der Waals surface area contributed by atoms with Crippen molar-refractivity contribution in [2.75, 3.05) is 25.0 Å². The zero-order chi connectivity index (χ0) is 28.9. The molecule has 0 unspecified atom stereocenters. The molecule has 13 heteroatoms. The van der Waals surface area contributed by atoms with Crippen molar-refractivity contribution < 1.29 is 31.3 Å². The number of carbonyl (C=O) groups is 1. The number of likely N-dealkylation sites (tertiary alicyclic amines) is 1. The highest BCUT2D eigenvalue weighted by molar-refractivity contribution is 7.90. The molecule has 40 heavy (non-hydrogen) atoms. The summed E-state index contributed by atoms with van der Waals surface area (Å²) in [6.07, 6.45) is 2.23. The lowest BCUT2D eigenvalue weighted by atomic mass is 9.86. The highest BCUT2D eigenvalue weighted by Gasteiger charge is 2.41. The fourth-order valence-electron chi connectivity index (χ4n) is 5.09. The summed E-state index contributed by atoms with van der Waals surface area (Å²) in [6, 6.07) is 8.90. The largest absolute Gasteiger partial charge is 0.377 e. The van der Waals surface area contributed by atoms with Gasteiger partial charge >= 0.3 is 0 Å². The summed E-state index contributed by atoms with van der Waals surface area (Å²) in [7, 11) is -4.57. The van der Waals surface area contributed by atoms with Crippen LogP contribution in [-0.4, -0.2) is 61.7 Å². The molecule has 1 atom stereocenters. The second-order valence-corrected chi connectivity index (χ2v) is 12.2. The minimum Gasteiger partial charge on any atom is -0.377 e. The number of alkyl halides is 2. The third kappa shape index (κ3) is 7.51. The van der Waals surface area contributed by atoms with Crippen LogP contribution in [0.25, 0.3) is 0 Å². The van der Waals surface area contributed by atoms with Gasteiger partial charge in [-0.15, -0.1) is 0 Å². The van der Waals surface area contributed by atoms with E-state index >= 15 is 0 Å². The topological polar surface area (TPSA) is 122 Å². The monoisotopic (exact) mass is 582 g/mol. The van der Waals surface area contributed by atoms with Crippen LogP contribution in [0, 0.1) is 15.9 Å². The maximum absolute atomic E-state index is 15.0. The molecule has 9 nitrogen and oxygen atoms in total. The summed E-state index contributed by atoms with van der Waals surface area (Å²) in [4.78, 5) is 25.0. The van der Waals surface area contributed by atoms with Crippen molar-refractivity contribution in [1.82, 2.24) is 9.62 Å². The first-order valence-corrected chi connectivity index (χ1v) is 14.9. The van der Waals surface area contributed by atoms with Gasteiger partial charge in [-0.25, -0.2) is 26.3 Å². The van der Waals surface area contributed by atoms with Gasteiger partial charge in [0, 0.05) is 31.7 Å². The third-order valence-corrected chi connectivity index (χ3v) is 8.85. The van der Waals surface area contributed by atoms with E-state index in [4.69, 9.17) is 0 Å². The number of benzene rings is 2. The van der Waals surface area contributed by atoms with Crippen molar-refractivity contribution in [3.05, 3.63) is 64.0 Å². The van der Waals surface area contributed by atoms with Crippen LogP contribution in [-0.2, 0) is 21.2 Å². The van der Waals surface area contributed by atoms with Crippen LogP contribution in [0.1, 0.15) is 50.5 Å². The average molecular weight is 583 g/mol. The Bertz CT molecular complexity index is 1310. The number of amides is 1. The van der Waals surface area contributed by atoms with Crippen LogP contribution in [0.4, 0.5) is 24.5 Å². The van der Waals surface area contributed by atoms with Gasteiger partial charge in [0.05, 0.1) is 9.82 Å². The highest BCUT2D eigenvalue weighted by Crippen LogP contribution is 2.33. The minimum absolute atomic E-state index is 0.0700. The van der Waals surface area contributed by atoms with E-state index < -0.39 is 43.3 Å². The first-order valence-electron chi connectivity index (χ1n) is 13.4. The maximum atomic E-state index is 15.0. The van der Waals surface area contributed by atoms with Crippen molar-refractivity contribution in [2.24, 2.45) is 0 Å². The second kappa shape index (κ2) is 12.5. The van der Waals surface area contributed by atoms with Crippen molar-refractivity contribution >= 4 is 27.3 Å². The number of sulfonamides is 1. The van der Waals surface area contributed by atoms with Crippen molar-refractivity contribution in [1.29, 1.82) is 0 Å². The fraction of sp³-hybridized carbons (Fsp3) is 0.519. The van der Waals surface area contributed by atoms with Gasteiger partial charge in [0.25, 0.3) is 21.6 Å². The number of carbonyl (C=O) groups excluding carboxylic acids is 1. The molecule has 1 heterocycles. The molecule has 2 aliphatic rings. The van der Waals surface area contributed by atoms with Gasteiger partial charge in [-0.1, -0.05) is 18.6 Å². The number of hydrogen-bond donors (Lipinski definition) is 2. The molecule has 2 aromatic rings. The van der Waals surface area contributed by atoms with E-state index in [-0.39, 0.29) is 30.4 Å². The van der Waals surface area contributed by atoms with Crippen LogP contribution in [0.2, 0.25) is 0 Å². The minimum atomic E-state index is -4.57. The van der Waals surface area contributed by atoms with E-state index in [2.05, 4.69) is 5.32 Å². The van der Waals surface area contributed by atoms with E-state index in [1.165, 1.54) is 18.2 Å². The van der Waals surface area contributed by atoms with Crippen molar-refractivity contribution in [2.45, 2.75) is 74.1 Å². The molecule has 2 fully saturated rings. The Hall–Kier alpha value is -3.19. The number of rotatable bonds is 12. The zero-order valence-corrected chi connectivity index (χ0v) is 22.8. The normalized spacial score (nSPS) is 18.5. The first-order chi connectivity index (χ1) is 18.9. The average Bonchev–Trinajstić information content (AvgIpc) is 2.89. The molecular weight excluding hydrogens is 549 g/mol. The Balaban J connectivity index is 1.50. The number of nitro groups is 1. The predicted molar refractivity (Wildman–Crippen MR) is 143 cm³/mol. The van der Waals surface area contributed by atoms with Crippen LogP contribution < -0.4 is 10.0 Å². The molecular formula is C27H33F3N4O5S. The Kier molecular flexibility index (Phi) is 9.34. The van der Waals surface area contributed by atoms with Crippen LogP contribution in [0.5, 0.6) is 0 Å². The van der Waals surface area contributed by atoms with Gasteiger partial charge in [-0.3, -0.25) is 19.8 Å². The van der Waals surface area contributed by atoms with E-state index in [1.54, 1.807) is 16.9 Å². The van der Waals surface area contributed by atoms with Gasteiger partial charge in [0.2, 0.25) is 0 Å². The van der Waals surface area contributed by atoms with Gasteiger partial charge in [-0.05, 0) is 74.8 Å². The molecule has 1 aliphatic heterocycles. The number of nitrogens with zero attached hydrogens (tertiary/aromatic N) is 2. The summed E-state index contributed by atoms with van der Waals surface area (Å²) in [6.45, 7) is 1.20. The Morgan fingerprint density at radius 3 is 2.40 bits per heavy atom. The third-order valence-electron chi connectivity index (χ3n) is 7.52. The van der Waals surface area contributed by atoms with Gasteiger partial charge < -0.3 is 5.32 Å². The molecule has 218 valence electrons. The SMILES string of the molecule is O=C(NS(=O)(=O)c1ccc(N[C@@H](CCc2ccc(F)cc2)CCN2CC(F)C2)c([N+](=O)[O-])c1)C1(F)CCCCC1. The van der Waals surface area contributed by atoms with Crippen molar-refractivity contribution in [3.8, 4) is 0 Å². The zero-order valence-electron chi connectivity index (χ0n) is 22.0. The summed E-state index contributed by atoms with van der Waals surface area (Å²) in [5, 5.41) is 15.0. The number of nitrogens with one attached hydrogen (secondary N) is 2. The standard InChI is InChI=1S/C27H33F3N4O5S/c28-20-7-4-19(5-8-20)6-9-22(12-15-33-17-21(29)18-33)31-24-11-10-23(16-25(24)34(36)37)40(38,39)32-26(35)27(30)13-2-1-3-14-27/h4-5,7-8,10-11,16,21-22,31H,1-3,6,9,12-15,17-18H2,(H,32,35)/t22-/m0/s1. The molecule has 0 spiro atoms. The molecule has 1 aliphatic carbocycles. The number of nitro benzene ring substituents is 1. The second-order valence-electron chi connectivity index (χ2n) is 10.5. The van der Waals surface area contributed by atoms with Gasteiger partial charge in [0.15, 0.2) is 5.67 Å². The van der Waals surface area contributed by atoms with Gasteiger partial charge in [-0.2, -0.15) is 0 Å². The molecule has 4 rings (SSSR count). The summed E-state index contributed by atoms with van der Waals surface area (Å²) < 4.78 is 69.0. The van der Waals surface area contributed by atoms with E-state index in [1.807, 2.05) is 4.90 Å². The summed E-state index contributed by atoms with van der Waals surface area (Å²) >= 11 is 0. The number of halogens is 3. The molecule has 1 saturated carbocycles. The number of anilines is 1. The molecule has 2 aromatic carbocycles. The van der Waals surface area contributed by atoms with E-state index in [0.29, 0.717) is 51.7 Å². The van der Waals surface area contributed by atoms with E-state index in [0.717, 1.165) is 24.1 Å².